The van der Waals surface area contributed by atoms with Gasteiger partial charge in [0.05, 0.1) is 17.1 Å². The minimum absolute atomic E-state index is 0.0735. The van der Waals surface area contributed by atoms with Crippen molar-refractivity contribution < 1.29 is 23.1 Å². The van der Waals surface area contributed by atoms with Gasteiger partial charge in [-0.05, 0) is 30.7 Å². The number of rotatable bonds is 6. The van der Waals surface area contributed by atoms with Crippen molar-refractivity contribution in [2.45, 2.75) is 30.2 Å². The van der Waals surface area contributed by atoms with Crippen LogP contribution in [0.3, 0.4) is 0 Å². The standard InChI is InChI=1S/C15H16N4O5S/c1-8-11-5-10(2-3-12(11)18-14(8)20)25(23,24)19-13(15(21)22)4-9-6-16-7-17-9/h2-3,5-8,13,19H,4H2,1H3,(H,16,17)(H,18,20)(H,21,22). The van der Waals surface area contributed by atoms with Crippen molar-refractivity contribution in [3.8, 4) is 0 Å². The highest BCUT2D eigenvalue weighted by Crippen LogP contribution is 2.33. The summed E-state index contributed by atoms with van der Waals surface area (Å²) in [5.41, 5.74) is 1.62. The molecule has 1 aliphatic heterocycles. The molecule has 0 saturated heterocycles. The maximum Gasteiger partial charge on any atom is 0.322 e. The average Bonchev–Trinajstić information content (AvgIpc) is 3.15. The van der Waals surface area contributed by atoms with E-state index in [1.54, 1.807) is 6.92 Å². The first-order valence-electron chi connectivity index (χ1n) is 7.45. The summed E-state index contributed by atoms with van der Waals surface area (Å²) in [7, 11) is -4.07. The van der Waals surface area contributed by atoms with Gasteiger partial charge in [0.1, 0.15) is 6.04 Å². The monoisotopic (exact) mass is 364 g/mol. The molecule has 1 aromatic heterocycles. The lowest BCUT2D eigenvalue weighted by molar-refractivity contribution is -0.139. The van der Waals surface area contributed by atoms with E-state index in [9.17, 15) is 23.1 Å². The molecule has 25 heavy (non-hydrogen) atoms. The Balaban J connectivity index is 1.86. The highest BCUT2D eigenvalue weighted by molar-refractivity contribution is 7.89. The normalized spacial score (nSPS) is 17.8. The topological polar surface area (TPSA) is 141 Å². The van der Waals surface area contributed by atoms with Crippen molar-refractivity contribution in [3.63, 3.8) is 0 Å². The third kappa shape index (κ3) is 3.39. The van der Waals surface area contributed by atoms with E-state index < -0.39 is 28.0 Å². The van der Waals surface area contributed by atoms with E-state index in [2.05, 4.69) is 20.0 Å². The summed E-state index contributed by atoms with van der Waals surface area (Å²) in [5, 5.41) is 12.0. The van der Waals surface area contributed by atoms with E-state index in [1.165, 1.54) is 30.7 Å². The van der Waals surface area contributed by atoms with Crippen LogP contribution in [0.4, 0.5) is 5.69 Å². The number of fused-ring (bicyclic) bond motifs is 1. The highest BCUT2D eigenvalue weighted by atomic mass is 32.2. The number of aliphatic carboxylic acids is 1. The molecule has 9 nitrogen and oxygen atoms in total. The number of aromatic amines is 1. The molecule has 1 aliphatic rings. The average molecular weight is 364 g/mol. The SMILES string of the molecule is CC1C(=O)Nc2ccc(S(=O)(=O)NC(Cc3cnc[nH]3)C(=O)O)cc21. The second kappa shape index (κ2) is 6.30. The maximum atomic E-state index is 12.6. The van der Waals surface area contributed by atoms with Gasteiger partial charge in [0.25, 0.3) is 0 Å². The molecule has 0 fully saturated rings. The number of anilines is 1. The van der Waals surface area contributed by atoms with Crippen molar-refractivity contribution in [2.24, 2.45) is 0 Å². The molecule has 1 amide bonds. The molecule has 0 spiro atoms. The number of imidazole rings is 1. The van der Waals surface area contributed by atoms with Gasteiger partial charge in [-0.25, -0.2) is 13.4 Å². The molecule has 4 N–H and O–H groups in total. The van der Waals surface area contributed by atoms with Crippen LogP contribution in [0.15, 0.2) is 35.6 Å². The second-order valence-corrected chi connectivity index (χ2v) is 7.47. The molecule has 2 atom stereocenters. The first kappa shape index (κ1) is 17.1. The van der Waals surface area contributed by atoms with Gasteiger partial charge in [0.2, 0.25) is 15.9 Å². The maximum absolute atomic E-state index is 12.6. The van der Waals surface area contributed by atoms with Crippen molar-refractivity contribution >= 4 is 27.6 Å². The van der Waals surface area contributed by atoms with Crippen LogP contribution in [0.2, 0.25) is 0 Å². The Hall–Kier alpha value is -2.72. The van der Waals surface area contributed by atoms with Gasteiger partial charge in [0, 0.05) is 24.0 Å². The number of aromatic nitrogens is 2. The summed E-state index contributed by atoms with van der Waals surface area (Å²) < 4.78 is 27.3. The Morgan fingerprint density at radius 3 is 2.84 bits per heavy atom. The number of nitrogens with one attached hydrogen (secondary N) is 3. The van der Waals surface area contributed by atoms with Gasteiger partial charge in [-0.2, -0.15) is 4.72 Å². The van der Waals surface area contributed by atoms with E-state index in [1.807, 2.05) is 0 Å². The Morgan fingerprint density at radius 2 is 2.20 bits per heavy atom. The van der Waals surface area contributed by atoms with Crippen molar-refractivity contribution in [1.82, 2.24) is 14.7 Å². The predicted octanol–water partition coefficient (Wildman–Crippen LogP) is 0.439. The fourth-order valence-electron chi connectivity index (χ4n) is 2.61. The number of carboxylic acids is 1. The van der Waals surface area contributed by atoms with Crippen LogP contribution in [0.25, 0.3) is 0 Å². The first-order chi connectivity index (χ1) is 11.8. The predicted molar refractivity (Wildman–Crippen MR) is 87.5 cm³/mol. The first-order valence-corrected chi connectivity index (χ1v) is 8.93. The van der Waals surface area contributed by atoms with Crippen LogP contribution in [-0.4, -0.2) is 41.4 Å². The number of nitrogens with zero attached hydrogens (tertiary/aromatic N) is 1. The van der Waals surface area contributed by atoms with Crippen molar-refractivity contribution in [2.75, 3.05) is 5.32 Å². The lowest BCUT2D eigenvalue weighted by Crippen LogP contribution is -2.42. The van der Waals surface area contributed by atoms with Gasteiger partial charge in [-0.15, -0.1) is 0 Å². The molecule has 10 heteroatoms. The summed E-state index contributed by atoms with van der Waals surface area (Å²) in [4.78, 5) is 29.5. The van der Waals surface area contributed by atoms with Crippen LogP contribution in [0.5, 0.6) is 0 Å². The van der Waals surface area contributed by atoms with Crippen molar-refractivity contribution in [1.29, 1.82) is 0 Å². The van der Waals surface area contributed by atoms with Crippen LogP contribution < -0.4 is 10.0 Å². The Labute approximate surface area is 143 Å². The minimum Gasteiger partial charge on any atom is -0.480 e. The van der Waals surface area contributed by atoms with E-state index in [0.717, 1.165) is 0 Å². The second-order valence-electron chi connectivity index (χ2n) is 5.75. The lowest BCUT2D eigenvalue weighted by Gasteiger charge is -2.15. The van der Waals surface area contributed by atoms with Crippen LogP contribution in [0, 0.1) is 0 Å². The summed E-state index contributed by atoms with van der Waals surface area (Å²) >= 11 is 0. The summed E-state index contributed by atoms with van der Waals surface area (Å²) in [6.07, 6.45) is 2.74. The fourth-order valence-corrected chi connectivity index (χ4v) is 3.84. The van der Waals surface area contributed by atoms with Crippen LogP contribution >= 0.6 is 0 Å². The number of hydrogen-bond acceptors (Lipinski definition) is 5. The number of H-pyrrole nitrogens is 1. The molecular weight excluding hydrogens is 348 g/mol. The largest absolute Gasteiger partial charge is 0.480 e. The van der Waals surface area contributed by atoms with E-state index >= 15 is 0 Å². The van der Waals surface area contributed by atoms with Crippen LogP contribution in [-0.2, 0) is 26.0 Å². The fraction of sp³-hybridized carbons (Fsp3) is 0.267. The van der Waals surface area contributed by atoms with E-state index in [4.69, 9.17) is 0 Å². The molecule has 132 valence electrons. The Kier molecular flexibility index (Phi) is 4.31. The molecule has 2 heterocycles. The molecule has 0 saturated carbocycles. The lowest BCUT2D eigenvalue weighted by atomic mass is 10.0. The number of amides is 1. The zero-order chi connectivity index (χ0) is 18.2. The van der Waals surface area contributed by atoms with Gasteiger partial charge < -0.3 is 15.4 Å². The number of benzene rings is 1. The molecule has 0 aliphatic carbocycles. The molecular formula is C15H16N4O5S. The number of carbonyl (C=O) groups is 2. The Bertz CT molecular complexity index is 923. The summed E-state index contributed by atoms with van der Waals surface area (Å²) in [6.45, 7) is 1.67. The third-order valence-electron chi connectivity index (χ3n) is 4.03. The molecule has 1 aromatic carbocycles. The van der Waals surface area contributed by atoms with Crippen LogP contribution in [0.1, 0.15) is 24.1 Å². The number of hydrogen-bond donors (Lipinski definition) is 4. The molecule has 0 bridgehead atoms. The van der Waals surface area contributed by atoms with Gasteiger partial charge in [-0.3, -0.25) is 9.59 Å². The molecule has 0 radical (unpaired) electrons. The molecule has 2 aromatic rings. The van der Waals surface area contributed by atoms with Crippen molar-refractivity contribution in [3.05, 3.63) is 42.0 Å². The van der Waals surface area contributed by atoms with Gasteiger partial charge >= 0.3 is 5.97 Å². The molecule has 2 unspecified atom stereocenters. The zero-order valence-electron chi connectivity index (χ0n) is 13.2. The smallest absolute Gasteiger partial charge is 0.322 e. The highest BCUT2D eigenvalue weighted by Gasteiger charge is 2.30. The quantitative estimate of drug-likeness (QED) is 0.586. The zero-order valence-corrected chi connectivity index (χ0v) is 14.0. The number of carbonyl (C=O) groups excluding carboxylic acids is 1. The summed E-state index contributed by atoms with van der Waals surface area (Å²) in [5.74, 6) is -1.98. The van der Waals surface area contributed by atoms with Gasteiger partial charge in [0.15, 0.2) is 0 Å². The number of carboxylic acid groups (broad SMARTS) is 1. The van der Waals surface area contributed by atoms with E-state index in [0.29, 0.717) is 16.9 Å². The number of sulfonamides is 1. The molecule has 3 rings (SSSR count). The van der Waals surface area contributed by atoms with Gasteiger partial charge in [-0.1, -0.05) is 0 Å². The third-order valence-corrected chi connectivity index (χ3v) is 5.49. The summed E-state index contributed by atoms with van der Waals surface area (Å²) in [6, 6.07) is 2.86. The minimum atomic E-state index is -4.07. The van der Waals surface area contributed by atoms with E-state index in [-0.39, 0.29) is 17.2 Å². The Morgan fingerprint density at radius 1 is 1.44 bits per heavy atom.